The standard InChI is InChI=1S/C18H16FN5O3S/c1-9-15(24-27-23-9)17(25)21-8-12-6-10-5-11(19)7-13(16(10)26-12)14-3-4-20-18(22-14)28-2/h3-5,7,12H,6,8H2,1-2H3,(H,21,25). The van der Waals surface area contributed by atoms with Crippen LogP contribution in [0, 0.1) is 12.7 Å². The third-order valence-electron chi connectivity index (χ3n) is 4.31. The van der Waals surface area contributed by atoms with Gasteiger partial charge in [0.2, 0.25) is 0 Å². The highest BCUT2D eigenvalue weighted by atomic mass is 32.2. The summed E-state index contributed by atoms with van der Waals surface area (Å²) in [5.74, 6) is -0.188. The quantitative estimate of drug-likeness (QED) is 0.514. The molecule has 1 N–H and O–H groups in total. The van der Waals surface area contributed by atoms with Crippen molar-refractivity contribution in [2.45, 2.75) is 24.6 Å². The number of carbonyl (C=O) groups is 1. The molecule has 1 amide bonds. The molecule has 0 spiro atoms. The molecule has 1 atom stereocenters. The molecule has 4 rings (SSSR count). The molecule has 0 radical (unpaired) electrons. The van der Waals surface area contributed by atoms with Crippen LogP contribution in [-0.4, -0.2) is 45.1 Å². The van der Waals surface area contributed by atoms with Gasteiger partial charge in [-0.05, 0) is 36.5 Å². The molecule has 144 valence electrons. The van der Waals surface area contributed by atoms with Crippen LogP contribution in [0.2, 0.25) is 0 Å². The number of hydrogen-bond donors (Lipinski definition) is 1. The van der Waals surface area contributed by atoms with Crippen LogP contribution in [0.3, 0.4) is 0 Å². The Labute approximate surface area is 163 Å². The number of amides is 1. The highest BCUT2D eigenvalue weighted by Gasteiger charge is 2.28. The van der Waals surface area contributed by atoms with Gasteiger partial charge in [-0.2, -0.15) is 0 Å². The molecule has 1 unspecified atom stereocenters. The van der Waals surface area contributed by atoms with Crippen molar-refractivity contribution >= 4 is 17.7 Å². The Kier molecular flexibility index (Phi) is 4.95. The Morgan fingerprint density at radius 1 is 1.39 bits per heavy atom. The van der Waals surface area contributed by atoms with E-state index in [-0.39, 0.29) is 24.2 Å². The van der Waals surface area contributed by atoms with Crippen LogP contribution in [0.4, 0.5) is 4.39 Å². The molecule has 0 saturated heterocycles. The van der Waals surface area contributed by atoms with Gasteiger partial charge in [-0.1, -0.05) is 16.9 Å². The van der Waals surface area contributed by atoms with Crippen LogP contribution in [0.25, 0.3) is 11.3 Å². The van der Waals surface area contributed by atoms with Gasteiger partial charge in [0, 0.05) is 23.7 Å². The second kappa shape index (κ2) is 7.55. The number of ether oxygens (including phenoxy) is 1. The van der Waals surface area contributed by atoms with E-state index in [0.717, 1.165) is 5.56 Å². The summed E-state index contributed by atoms with van der Waals surface area (Å²) in [4.78, 5) is 20.7. The van der Waals surface area contributed by atoms with Crippen molar-refractivity contribution < 1.29 is 18.6 Å². The largest absolute Gasteiger partial charge is 0.487 e. The number of benzene rings is 1. The number of aryl methyl sites for hydroxylation is 1. The number of thioether (sulfide) groups is 1. The van der Waals surface area contributed by atoms with Gasteiger partial charge < -0.3 is 10.1 Å². The zero-order valence-corrected chi connectivity index (χ0v) is 15.9. The molecular formula is C18H16FN5O3S. The second-order valence-corrected chi connectivity index (χ2v) is 7.00. The number of hydrogen-bond acceptors (Lipinski definition) is 8. The highest BCUT2D eigenvalue weighted by Crippen LogP contribution is 2.39. The molecule has 3 aromatic rings. The van der Waals surface area contributed by atoms with Gasteiger partial charge in [-0.25, -0.2) is 19.0 Å². The monoisotopic (exact) mass is 401 g/mol. The number of nitrogens with one attached hydrogen (secondary N) is 1. The molecule has 1 aliphatic rings. The number of fused-ring (bicyclic) bond motifs is 1. The van der Waals surface area contributed by atoms with Crippen LogP contribution in [0.15, 0.2) is 34.2 Å². The van der Waals surface area contributed by atoms with Gasteiger partial charge in [0.25, 0.3) is 5.91 Å². The summed E-state index contributed by atoms with van der Waals surface area (Å²) in [7, 11) is 0. The van der Waals surface area contributed by atoms with E-state index in [1.165, 1.54) is 23.9 Å². The topological polar surface area (TPSA) is 103 Å². The maximum atomic E-state index is 14.2. The molecule has 8 nitrogen and oxygen atoms in total. The fraction of sp³-hybridized carbons (Fsp3) is 0.278. The Morgan fingerprint density at radius 2 is 2.25 bits per heavy atom. The first-order valence-electron chi connectivity index (χ1n) is 8.49. The minimum Gasteiger partial charge on any atom is -0.487 e. The minimum absolute atomic E-state index is 0.132. The Bertz CT molecular complexity index is 1040. The first-order valence-corrected chi connectivity index (χ1v) is 9.71. The molecular weight excluding hydrogens is 385 g/mol. The van der Waals surface area contributed by atoms with Crippen molar-refractivity contribution in [2.75, 3.05) is 12.8 Å². The van der Waals surface area contributed by atoms with Crippen LogP contribution >= 0.6 is 11.8 Å². The van der Waals surface area contributed by atoms with Gasteiger partial charge in [0.15, 0.2) is 10.9 Å². The lowest BCUT2D eigenvalue weighted by molar-refractivity contribution is 0.0923. The van der Waals surface area contributed by atoms with E-state index < -0.39 is 5.91 Å². The fourth-order valence-corrected chi connectivity index (χ4v) is 3.37. The van der Waals surface area contributed by atoms with Gasteiger partial charge in [-0.3, -0.25) is 4.79 Å². The van der Waals surface area contributed by atoms with Crippen molar-refractivity contribution in [3.8, 4) is 17.0 Å². The van der Waals surface area contributed by atoms with Crippen LogP contribution in [-0.2, 0) is 6.42 Å². The predicted molar refractivity (Wildman–Crippen MR) is 98.7 cm³/mol. The molecule has 0 bridgehead atoms. The third-order valence-corrected chi connectivity index (χ3v) is 4.87. The normalized spacial score (nSPS) is 15.2. The lowest BCUT2D eigenvalue weighted by Crippen LogP contribution is -2.34. The van der Waals surface area contributed by atoms with E-state index in [4.69, 9.17) is 4.74 Å². The molecule has 2 aromatic heterocycles. The van der Waals surface area contributed by atoms with E-state index in [1.54, 1.807) is 19.2 Å². The molecule has 1 aromatic carbocycles. The zero-order valence-electron chi connectivity index (χ0n) is 15.1. The van der Waals surface area contributed by atoms with E-state index >= 15 is 0 Å². The average Bonchev–Trinajstić information content (AvgIpc) is 3.31. The lowest BCUT2D eigenvalue weighted by atomic mass is 10.0. The van der Waals surface area contributed by atoms with Gasteiger partial charge in [0.05, 0.1) is 12.2 Å². The molecule has 0 saturated carbocycles. The van der Waals surface area contributed by atoms with Crippen molar-refractivity contribution in [3.63, 3.8) is 0 Å². The minimum atomic E-state index is -0.398. The van der Waals surface area contributed by atoms with Gasteiger partial charge >= 0.3 is 0 Å². The van der Waals surface area contributed by atoms with Crippen molar-refractivity contribution in [1.82, 2.24) is 25.6 Å². The van der Waals surface area contributed by atoms with E-state index in [9.17, 15) is 9.18 Å². The Morgan fingerprint density at radius 3 is 3.00 bits per heavy atom. The molecule has 3 heterocycles. The molecule has 28 heavy (non-hydrogen) atoms. The fourth-order valence-electron chi connectivity index (χ4n) is 3.02. The summed E-state index contributed by atoms with van der Waals surface area (Å²) in [6.07, 6.45) is 3.64. The summed E-state index contributed by atoms with van der Waals surface area (Å²) in [6, 6.07) is 4.56. The van der Waals surface area contributed by atoms with E-state index in [2.05, 4.69) is 30.2 Å². The van der Waals surface area contributed by atoms with Crippen LogP contribution < -0.4 is 10.1 Å². The summed E-state index contributed by atoms with van der Waals surface area (Å²) in [6.45, 7) is 1.87. The molecule has 10 heteroatoms. The maximum absolute atomic E-state index is 14.2. The zero-order chi connectivity index (χ0) is 19.7. The Balaban J connectivity index is 1.53. The number of halogens is 1. The number of carbonyl (C=O) groups excluding carboxylic acids is 1. The molecule has 1 aliphatic heterocycles. The second-order valence-electron chi connectivity index (χ2n) is 6.22. The van der Waals surface area contributed by atoms with Crippen molar-refractivity contribution in [3.05, 3.63) is 47.2 Å². The highest BCUT2D eigenvalue weighted by molar-refractivity contribution is 7.98. The van der Waals surface area contributed by atoms with Gasteiger partial charge in [-0.15, -0.1) is 0 Å². The van der Waals surface area contributed by atoms with Crippen molar-refractivity contribution in [1.29, 1.82) is 0 Å². The summed E-state index contributed by atoms with van der Waals surface area (Å²) >= 11 is 1.40. The third kappa shape index (κ3) is 3.55. The summed E-state index contributed by atoms with van der Waals surface area (Å²) in [5, 5.41) is 10.5. The SMILES string of the molecule is CSc1nccc(-c2cc(F)cc3c2OC(CNC(=O)c2nonc2C)C3)n1. The number of rotatable bonds is 5. The Hall–Kier alpha value is -3.01. The van der Waals surface area contributed by atoms with Crippen molar-refractivity contribution in [2.24, 2.45) is 0 Å². The van der Waals surface area contributed by atoms with Crippen LogP contribution in [0.5, 0.6) is 5.75 Å². The summed E-state index contributed by atoms with van der Waals surface area (Å²) in [5.41, 5.74) is 2.43. The first kappa shape index (κ1) is 18.4. The maximum Gasteiger partial charge on any atom is 0.275 e. The smallest absolute Gasteiger partial charge is 0.275 e. The van der Waals surface area contributed by atoms with Crippen LogP contribution in [0.1, 0.15) is 21.7 Å². The first-order chi connectivity index (χ1) is 13.5. The number of aromatic nitrogens is 4. The lowest BCUT2D eigenvalue weighted by Gasteiger charge is -2.13. The molecule has 0 fully saturated rings. The van der Waals surface area contributed by atoms with E-state index in [0.29, 0.717) is 34.3 Å². The number of nitrogens with zero attached hydrogens (tertiary/aromatic N) is 4. The van der Waals surface area contributed by atoms with Gasteiger partial charge in [0.1, 0.15) is 23.4 Å². The average molecular weight is 401 g/mol. The summed E-state index contributed by atoms with van der Waals surface area (Å²) < 4.78 is 24.7. The predicted octanol–water partition coefficient (Wildman–Crippen LogP) is 2.43. The molecule has 0 aliphatic carbocycles. The van der Waals surface area contributed by atoms with E-state index in [1.807, 2.05) is 6.26 Å².